The van der Waals surface area contributed by atoms with Crippen LogP contribution < -0.4 is 0 Å². The van der Waals surface area contributed by atoms with E-state index in [-0.39, 0.29) is 41.7 Å². The molecular weight excluding hydrogens is 1640 g/mol. The average molecular weight is 1640 g/mol. The van der Waals surface area contributed by atoms with Crippen LogP contribution in [0, 0.1) is 41.7 Å². The first-order chi connectivity index (χ1) is 36.0. The predicted octanol–water partition coefficient (Wildman–Crippen LogP) is 13.5. The average Bonchev–Trinajstić information content (AvgIpc) is 3.23. The fourth-order valence-electron chi connectivity index (χ4n) is 3.92. The molecule has 88 heavy (non-hydrogen) atoms. The van der Waals surface area contributed by atoms with E-state index in [1.807, 2.05) is 0 Å². The van der Waals surface area contributed by atoms with Crippen LogP contribution in [0.4, 0.5) is 224 Å². The van der Waals surface area contributed by atoms with Crippen molar-refractivity contribution in [2.45, 2.75) is 141 Å². The van der Waals surface area contributed by atoms with Crippen molar-refractivity contribution in [1.29, 1.82) is 0 Å². The van der Waals surface area contributed by atoms with E-state index in [1.165, 1.54) is 0 Å². The molecule has 0 aliphatic heterocycles. The minimum absolute atomic E-state index is 0. The Morgan fingerprint density at radius 2 is 0.216 bits per heavy atom. The largest absolute Gasteiger partial charge is 3.00 e. The zero-order chi connectivity index (χ0) is 73.5. The number of rotatable bonds is 21. The van der Waals surface area contributed by atoms with Crippen LogP contribution in [0.25, 0.3) is 0 Å². The number of halogens is 51. The second kappa shape index (κ2) is 23.2. The molecule has 0 aliphatic carbocycles. The first-order valence-electron chi connectivity index (χ1n) is 17.0. The van der Waals surface area contributed by atoms with Gasteiger partial charge in [-0.05, 0) is 0 Å². The third kappa shape index (κ3) is 12.5. The second-order valence-electron chi connectivity index (χ2n) is 14.7. The van der Waals surface area contributed by atoms with E-state index in [2.05, 4.69) is 0 Å². The van der Waals surface area contributed by atoms with Gasteiger partial charge in [0, 0.05) is 0 Å². The van der Waals surface area contributed by atoms with Gasteiger partial charge in [-0.15, -0.1) is 0 Å². The topological polar surface area (TPSA) is 172 Å². The van der Waals surface area contributed by atoms with E-state index in [9.17, 15) is 263 Å². The van der Waals surface area contributed by atoms with Gasteiger partial charge in [-0.2, -0.15) is 224 Å². The maximum absolute atomic E-state index is 13.0. The van der Waals surface area contributed by atoms with E-state index in [0.29, 0.717) is 0 Å². The van der Waals surface area contributed by atoms with Gasteiger partial charge in [-0.1, -0.05) is 0 Å². The van der Waals surface area contributed by atoms with Gasteiger partial charge in [0.1, 0.15) is 0 Å². The summed E-state index contributed by atoms with van der Waals surface area (Å²) in [6.45, 7) is 0. The van der Waals surface area contributed by atoms with E-state index < -0.39 is 171 Å². The molecule has 0 amide bonds. The van der Waals surface area contributed by atoms with Gasteiger partial charge in [-0.3, -0.25) is 0 Å². The van der Waals surface area contributed by atoms with Crippen molar-refractivity contribution in [3.63, 3.8) is 0 Å². The molecule has 0 aliphatic rings. The molecule has 9 nitrogen and oxygen atoms in total. The molecule has 0 unspecified atom stereocenters. The summed E-state index contributed by atoms with van der Waals surface area (Å²) >= 11 is 0. The molecule has 1 radical (unpaired) electrons. The van der Waals surface area contributed by atoms with Crippen LogP contribution in [0.2, 0.25) is 0 Å². The van der Waals surface area contributed by atoms with Crippen molar-refractivity contribution >= 4 is 30.4 Å². The van der Waals surface area contributed by atoms with Crippen molar-refractivity contribution < 1.29 is 305 Å². The van der Waals surface area contributed by atoms with Crippen molar-refractivity contribution in [3.05, 3.63) is 0 Å². The van der Waals surface area contributed by atoms with Crippen LogP contribution in [0.5, 0.6) is 0 Å². The van der Waals surface area contributed by atoms with Crippen molar-refractivity contribution in [1.82, 2.24) is 0 Å². The normalized spacial score (nSPS) is 16.7. The Balaban J connectivity index is -0.000000598. The summed E-state index contributed by atoms with van der Waals surface area (Å²) in [6, 6.07) is 0. The molecule has 0 atom stereocenters. The standard InChI is InChI=1S/3C8HF17O3S.Ce/c3*9-1(10,3(13,14)5(17,18)7(21,22)23)2(11,12)4(15,16)6(19,20)8(24,25)29(26,27)28;/h3*(H,26,27,28);/q;;;+3/p-3. The molecule has 0 aromatic rings. The third-order valence-electron chi connectivity index (χ3n) is 9.02. The van der Waals surface area contributed by atoms with Crippen molar-refractivity contribution in [2.24, 2.45) is 0 Å². The molecule has 0 saturated heterocycles. The first kappa shape index (κ1) is 91.9. The molecule has 0 spiro atoms. The molecule has 0 aromatic heterocycles. The van der Waals surface area contributed by atoms with E-state index in [0.717, 1.165) is 0 Å². The fourth-order valence-corrected chi connectivity index (χ4v) is 5.25. The number of hydrogen-bond acceptors (Lipinski definition) is 9. The van der Waals surface area contributed by atoms with Gasteiger partial charge >= 0.3 is 183 Å². The summed E-state index contributed by atoms with van der Waals surface area (Å²) in [5.41, 5.74) is 0. The smallest absolute Gasteiger partial charge is 0.743 e. The first-order valence-corrected chi connectivity index (χ1v) is 21.2. The molecule has 64 heteroatoms. The predicted molar refractivity (Wildman–Crippen MR) is 151 cm³/mol. The molecule has 0 bridgehead atoms. The summed E-state index contributed by atoms with van der Waals surface area (Å²) in [7, 11) is -24.4. The van der Waals surface area contributed by atoms with Crippen LogP contribution in [0.15, 0.2) is 0 Å². The molecule has 0 heterocycles. The molecule has 529 valence electrons. The fraction of sp³-hybridized carbons (Fsp3) is 1.00. The van der Waals surface area contributed by atoms with Crippen molar-refractivity contribution in [3.8, 4) is 0 Å². The van der Waals surface area contributed by atoms with Gasteiger partial charge in [0.2, 0.25) is 0 Å². The number of alkyl halides is 51. The van der Waals surface area contributed by atoms with Crippen LogP contribution in [-0.4, -0.2) is 180 Å². The number of hydrogen-bond donors (Lipinski definition) is 0. The molecule has 0 fully saturated rings. The van der Waals surface area contributed by atoms with Crippen LogP contribution in [-0.2, 0) is 30.4 Å². The summed E-state index contributed by atoms with van der Waals surface area (Å²) in [5, 5.41) is -23.9. The SMILES string of the molecule is O=S(=O)([O-])C(F)(F)C(F)(F)C(F)(F)C(F)(F)C(F)(F)C(F)(F)C(F)(F)C(F)(F)F.O=S(=O)([O-])C(F)(F)C(F)(F)C(F)(F)C(F)(F)C(F)(F)C(F)(F)C(F)(F)C(F)(F)F.O=S(=O)([O-])C(F)(F)C(F)(F)C(F)(F)C(F)(F)C(F)(F)C(F)(F)C(F)(F)C(F)(F)F.[Ce+3]. The van der Waals surface area contributed by atoms with Gasteiger partial charge in [0.15, 0.2) is 30.4 Å². The monoisotopic (exact) mass is 1640 g/mol. The summed E-state index contributed by atoms with van der Waals surface area (Å²) in [6.07, 6.45) is -23.7. The summed E-state index contributed by atoms with van der Waals surface area (Å²) < 4.78 is 732. The van der Waals surface area contributed by atoms with Crippen LogP contribution >= 0.6 is 0 Å². The molecule has 0 aromatic carbocycles. The molecular formula is C24CeF51O9S3. The Bertz CT molecular complexity index is 2500. The zero-order valence-corrected chi connectivity index (χ0v) is 42.3. The Labute approximate surface area is 474 Å². The molecule has 0 N–H and O–H groups in total. The Morgan fingerprint density at radius 1 is 0.148 bits per heavy atom. The van der Waals surface area contributed by atoms with E-state index in [4.69, 9.17) is 0 Å². The van der Waals surface area contributed by atoms with E-state index in [1.54, 1.807) is 0 Å². The summed E-state index contributed by atoms with van der Waals surface area (Å²) in [4.78, 5) is 0. The van der Waals surface area contributed by atoms with Gasteiger partial charge in [-0.25, -0.2) is 25.3 Å². The summed E-state index contributed by atoms with van der Waals surface area (Å²) in [5.74, 6) is -156. The quantitative estimate of drug-likeness (QED) is 0.0801. The maximum atomic E-state index is 13.0. The second-order valence-corrected chi connectivity index (χ2v) is 19.0. The van der Waals surface area contributed by atoms with Crippen LogP contribution in [0.3, 0.4) is 0 Å². The van der Waals surface area contributed by atoms with Crippen LogP contribution in [0.1, 0.15) is 0 Å². The minimum atomic E-state index is -8.92. The zero-order valence-electron chi connectivity index (χ0n) is 36.7. The van der Waals surface area contributed by atoms with Gasteiger partial charge in [0.05, 0.1) is 0 Å². The Morgan fingerprint density at radius 3 is 0.284 bits per heavy atom. The van der Waals surface area contributed by atoms with Gasteiger partial charge < -0.3 is 13.7 Å². The minimum Gasteiger partial charge on any atom is -0.743 e. The maximum Gasteiger partial charge on any atom is 3.00 e. The third-order valence-corrected chi connectivity index (χ3v) is 11.7. The molecule has 0 saturated carbocycles. The molecule has 0 rings (SSSR count). The van der Waals surface area contributed by atoms with E-state index >= 15 is 0 Å². The van der Waals surface area contributed by atoms with Crippen molar-refractivity contribution in [2.75, 3.05) is 0 Å². The Kier molecular flexibility index (Phi) is 24.2. The Hall–Kier alpha value is -2.46. The van der Waals surface area contributed by atoms with Gasteiger partial charge in [0.25, 0.3) is 0 Å².